The molecule has 0 aliphatic carbocycles. The zero-order valence-corrected chi connectivity index (χ0v) is 9.58. The average molecular weight is 266 g/mol. The van der Waals surface area contributed by atoms with Gasteiger partial charge in [0.15, 0.2) is 0 Å². The van der Waals surface area contributed by atoms with Gasteiger partial charge >= 0.3 is 0 Å². The molecule has 0 saturated heterocycles. The molecule has 19 heavy (non-hydrogen) atoms. The lowest BCUT2D eigenvalue weighted by Crippen LogP contribution is -2.16. The summed E-state index contributed by atoms with van der Waals surface area (Å²) in [6.07, 6.45) is 0. The van der Waals surface area contributed by atoms with Crippen LogP contribution in [0.25, 0.3) is 0 Å². The van der Waals surface area contributed by atoms with Crippen molar-refractivity contribution in [2.75, 3.05) is 11.1 Å². The number of amides is 1. The zero-order chi connectivity index (χ0) is 14.0. The van der Waals surface area contributed by atoms with Gasteiger partial charge in [-0.2, -0.15) is 0 Å². The van der Waals surface area contributed by atoms with E-state index in [0.29, 0.717) is 0 Å². The first-order chi connectivity index (χ1) is 8.99. The van der Waals surface area contributed by atoms with Crippen molar-refractivity contribution in [1.29, 1.82) is 0 Å². The van der Waals surface area contributed by atoms with Crippen LogP contribution < -0.4 is 11.1 Å². The summed E-state index contributed by atoms with van der Waals surface area (Å²) in [7, 11) is 0. The minimum Gasteiger partial charge on any atom is -0.398 e. The number of carbonyl (C=O) groups is 1. The van der Waals surface area contributed by atoms with Crippen LogP contribution in [0.3, 0.4) is 0 Å². The predicted octanol–water partition coefficient (Wildman–Crippen LogP) is 2.94. The fourth-order valence-electron chi connectivity index (χ4n) is 1.52. The van der Waals surface area contributed by atoms with Gasteiger partial charge in [0.25, 0.3) is 5.91 Å². The summed E-state index contributed by atoms with van der Waals surface area (Å²) in [5.74, 6) is -3.42. The van der Waals surface area contributed by atoms with Crippen molar-refractivity contribution in [3.63, 3.8) is 0 Å². The molecule has 3 nitrogen and oxygen atoms in total. The Labute approximate surface area is 106 Å². The summed E-state index contributed by atoms with van der Waals surface area (Å²) in [6.45, 7) is 0. The summed E-state index contributed by atoms with van der Waals surface area (Å²) in [5.41, 5.74) is 4.72. The monoisotopic (exact) mass is 266 g/mol. The van der Waals surface area contributed by atoms with Gasteiger partial charge in [0, 0.05) is 5.69 Å². The summed E-state index contributed by atoms with van der Waals surface area (Å²) in [5, 5.41) is 2.03. The second-order valence-corrected chi connectivity index (χ2v) is 3.78. The molecule has 0 atom stereocenters. The van der Waals surface area contributed by atoms with Crippen molar-refractivity contribution >= 4 is 17.3 Å². The standard InChI is InChI=1S/C13H9F3N2O/c14-7-4-5-11(17)8(6-7)13(19)18-12-9(15)2-1-3-10(12)16/h1-6H,17H2,(H,18,19). The molecule has 0 fully saturated rings. The highest BCUT2D eigenvalue weighted by atomic mass is 19.1. The first-order valence-electron chi connectivity index (χ1n) is 5.29. The molecular formula is C13H9F3N2O. The second kappa shape index (κ2) is 5.01. The topological polar surface area (TPSA) is 55.1 Å². The second-order valence-electron chi connectivity index (χ2n) is 3.78. The molecule has 0 bridgehead atoms. The average Bonchev–Trinajstić information content (AvgIpc) is 2.37. The van der Waals surface area contributed by atoms with Gasteiger partial charge in [0.05, 0.1) is 5.56 Å². The Morgan fingerprint density at radius 2 is 1.68 bits per heavy atom. The van der Waals surface area contributed by atoms with Crippen molar-refractivity contribution < 1.29 is 18.0 Å². The van der Waals surface area contributed by atoms with E-state index < -0.39 is 29.0 Å². The maximum absolute atomic E-state index is 13.3. The van der Waals surface area contributed by atoms with Crippen LogP contribution in [0.5, 0.6) is 0 Å². The van der Waals surface area contributed by atoms with E-state index >= 15 is 0 Å². The van der Waals surface area contributed by atoms with Gasteiger partial charge in [-0.1, -0.05) is 6.07 Å². The molecule has 0 aliphatic heterocycles. The van der Waals surface area contributed by atoms with Crippen LogP contribution >= 0.6 is 0 Å². The van der Waals surface area contributed by atoms with Gasteiger partial charge in [0.1, 0.15) is 23.1 Å². The number of benzene rings is 2. The SMILES string of the molecule is Nc1ccc(F)cc1C(=O)Nc1c(F)cccc1F. The highest BCUT2D eigenvalue weighted by Gasteiger charge is 2.15. The number of hydrogen-bond acceptors (Lipinski definition) is 2. The lowest BCUT2D eigenvalue weighted by Gasteiger charge is -2.09. The van der Waals surface area contributed by atoms with Gasteiger partial charge in [-0.3, -0.25) is 4.79 Å². The largest absolute Gasteiger partial charge is 0.398 e. The minimum absolute atomic E-state index is 0.00986. The van der Waals surface area contributed by atoms with E-state index in [4.69, 9.17) is 5.73 Å². The molecule has 2 aromatic rings. The van der Waals surface area contributed by atoms with Crippen molar-refractivity contribution in [1.82, 2.24) is 0 Å². The number of hydrogen-bond donors (Lipinski definition) is 2. The van der Waals surface area contributed by atoms with E-state index in [1.165, 1.54) is 6.07 Å². The highest BCUT2D eigenvalue weighted by molar-refractivity contribution is 6.07. The number of para-hydroxylation sites is 1. The van der Waals surface area contributed by atoms with Gasteiger partial charge in [-0.05, 0) is 30.3 Å². The third kappa shape index (κ3) is 2.67. The van der Waals surface area contributed by atoms with E-state index in [9.17, 15) is 18.0 Å². The van der Waals surface area contributed by atoms with Crippen molar-refractivity contribution in [3.8, 4) is 0 Å². The van der Waals surface area contributed by atoms with Crippen LogP contribution in [0, 0.1) is 17.5 Å². The lowest BCUT2D eigenvalue weighted by molar-refractivity contribution is 0.102. The highest BCUT2D eigenvalue weighted by Crippen LogP contribution is 2.21. The molecule has 0 saturated carbocycles. The molecular weight excluding hydrogens is 257 g/mol. The zero-order valence-electron chi connectivity index (χ0n) is 9.58. The molecule has 0 aliphatic rings. The Kier molecular flexibility index (Phi) is 3.41. The van der Waals surface area contributed by atoms with Crippen LogP contribution in [0.4, 0.5) is 24.5 Å². The quantitative estimate of drug-likeness (QED) is 0.821. The Morgan fingerprint density at radius 1 is 1.05 bits per heavy atom. The number of rotatable bonds is 2. The van der Waals surface area contributed by atoms with Crippen LogP contribution in [0.2, 0.25) is 0 Å². The number of halogens is 3. The molecule has 0 unspecified atom stereocenters. The van der Waals surface area contributed by atoms with Crippen LogP contribution in [-0.4, -0.2) is 5.91 Å². The summed E-state index contributed by atoms with van der Waals surface area (Å²) < 4.78 is 39.7. The fraction of sp³-hybridized carbons (Fsp3) is 0. The first-order valence-corrected chi connectivity index (χ1v) is 5.29. The third-order valence-electron chi connectivity index (χ3n) is 2.46. The Hall–Kier alpha value is -2.50. The van der Waals surface area contributed by atoms with Crippen molar-refractivity contribution in [3.05, 3.63) is 59.4 Å². The maximum atomic E-state index is 13.3. The van der Waals surface area contributed by atoms with Crippen molar-refractivity contribution in [2.24, 2.45) is 0 Å². The Morgan fingerprint density at radius 3 is 2.32 bits per heavy atom. The normalized spacial score (nSPS) is 10.3. The van der Waals surface area contributed by atoms with E-state index in [0.717, 1.165) is 30.3 Å². The molecule has 3 N–H and O–H groups in total. The lowest BCUT2D eigenvalue weighted by atomic mass is 10.1. The van der Waals surface area contributed by atoms with E-state index in [1.54, 1.807) is 0 Å². The molecule has 0 radical (unpaired) electrons. The first kappa shape index (κ1) is 12.9. The van der Waals surface area contributed by atoms with Gasteiger partial charge in [-0.15, -0.1) is 0 Å². The van der Waals surface area contributed by atoms with E-state index in [1.807, 2.05) is 5.32 Å². The molecule has 98 valence electrons. The summed E-state index contributed by atoms with van der Waals surface area (Å²) in [4.78, 5) is 11.8. The minimum atomic E-state index is -0.927. The third-order valence-corrected chi connectivity index (χ3v) is 2.46. The number of anilines is 2. The number of nitrogens with two attached hydrogens (primary N) is 1. The van der Waals surface area contributed by atoms with Crippen LogP contribution in [0.1, 0.15) is 10.4 Å². The smallest absolute Gasteiger partial charge is 0.258 e. The number of carbonyl (C=O) groups excluding carboxylic acids is 1. The van der Waals surface area contributed by atoms with E-state index in [2.05, 4.69) is 0 Å². The summed E-state index contributed by atoms with van der Waals surface area (Å²) >= 11 is 0. The summed E-state index contributed by atoms with van der Waals surface area (Å²) in [6, 6.07) is 6.32. The molecule has 2 rings (SSSR count). The number of nitrogen functional groups attached to an aromatic ring is 1. The molecule has 0 aromatic heterocycles. The van der Waals surface area contributed by atoms with E-state index in [-0.39, 0.29) is 11.3 Å². The molecule has 1 amide bonds. The molecule has 0 spiro atoms. The molecule has 6 heteroatoms. The Bertz CT molecular complexity index is 624. The molecule has 0 heterocycles. The van der Waals surface area contributed by atoms with Gasteiger partial charge in [0.2, 0.25) is 0 Å². The fourth-order valence-corrected chi connectivity index (χ4v) is 1.52. The maximum Gasteiger partial charge on any atom is 0.258 e. The van der Waals surface area contributed by atoms with Crippen LogP contribution in [-0.2, 0) is 0 Å². The van der Waals surface area contributed by atoms with Gasteiger partial charge < -0.3 is 11.1 Å². The van der Waals surface area contributed by atoms with Gasteiger partial charge in [-0.25, -0.2) is 13.2 Å². The van der Waals surface area contributed by atoms with Crippen molar-refractivity contribution in [2.45, 2.75) is 0 Å². The number of nitrogens with one attached hydrogen (secondary N) is 1. The Balaban J connectivity index is 2.34. The molecule has 2 aromatic carbocycles. The predicted molar refractivity (Wildman–Crippen MR) is 65.1 cm³/mol. The van der Waals surface area contributed by atoms with Crippen LogP contribution in [0.15, 0.2) is 36.4 Å².